The van der Waals surface area contributed by atoms with Crippen LogP contribution in [-0.4, -0.2) is 10.2 Å². The molecule has 0 aliphatic carbocycles. The topological polar surface area (TPSA) is 40.5 Å². The van der Waals surface area contributed by atoms with Gasteiger partial charge in [0.25, 0.3) is 0 Å². The summed E-state index contributed by atoms with van der Waals surface area (Å²) in [6.07, 6.45) is 0. The van der Waals surface area contributed by atoms with E-state index in [9.17, 15) is 10.2 Å². The van der Waals surface area contributed by atoms with E-state index in [1.54, 1.807) is 48.5 Å². The molecule has 4 aromatic carbocycles. The van der Waals surface area contributed by atoms with Crippen molar-refractivity contribution in [1.29, 1.82) is 0 Å². The van der Waals surface area contributed by atoms with Crippen molar-refractivity contribution < 1.29 is 10.2 Å². The molecule has 0 aromatic heterocycles. The van der Waals surface area contributed by atoms with Gasteiger partial charge in [0.2, 0.25) is 0 Å². The Labute approximate surface area is 187 Å². The minimum absolute atomic E-state index is 0.217. The second-order valence-electron chi connectivity index (χ2n) is 6.93. The lowest BCUT2D eigenvalue weighted by Crippen LogP contribution is -1.86. The summed E-state index contributed by atoms with van der Waals surface area (Å²) in [5.41, 5.74) is 4.97. The van der Waals surface area contributed by atoms with Crippen LogP contribution in [0.5, 0.6) is 11.5 Å². The molecule has 0 fully saturated rings. The Balaban J connectivity index is 1.63. The van der Waals surface area contributed by atoms with E-state index in [4.69, 9.17) is 0 Å². The molecule has 0 aliphatic rings. The molecule has 2 nitrogen and oxygen atoms in total. The Hall–Kier alpha value is -4.84. The van der Waals surface area contributed by atoms with E-state index >= 15 is 0 Å². The van der Waals surface area contributed by atoms with Crippen molar-refractivity contribution in [3.63, 3.8) is 0 Å². The zero-order valence-electron chi connectivity index (χ0n) is 17.1. The molecule has 0 aliphatic heterocycles. The van der Waals surface area contributed by atoms with E-state index in [-0.39, 0.29) is 11.5 Å². The lowest BCUT2D eigenvalue weighted by Gasteiger charge is -1.98. The van der Waals surface area contributed by atoms with Gasteiger partial charge in [0, 0.05) is 33.4 Å². The summed E-state index contributed by atoms with van der Waals surface area (Å²) in [5.74, 6) is 19.4. The predicted octanol–water partition coefficient (Wildman–Crippen LogP) is 5.30. The fourth-order valence-electron chi connectivity index (χ4n) is 2.91. The molecule has 4 aromatic rings. The van der Waals surface area contributed by atoms with Gasteiger partial charge >= 0.3 is 0 Å². The second-order valence-corrected chi connectivity index (χ2v) is 6.93. The summed E-state index contributed by atoms with van der Waals surface area (Å²) < 4.78 is 0. The van der Waals surface area contributed by atoms with Crippen LogP contribution in [0.3, 0.4) is 0 Å². The fourth-order valence-corrected chi connectivity index (χ4v) is 2.91. The molecule has 0 spiro atoms. The van der Waals surface area contributed by atoms with Crippen molar-refractivity contribution >= 4 is 0 Å². The molecule has 0 saturated heterocycles. The van der Waals surface area contributed by atoms with Gasteiger partial charge in [-0.25, -0.2) is 0 Å². The van der Waals surface area contributed by atoms with Crippen LogP contribution in [0.2, 0.25) is 0 Å². The summed E-state index contributed by atoms with van der Waals surface area (Å²) in [4.78, 5) is 0. The summed E-state index contributed by atoms with van der Waals surface area (Å²) >= 11 is 0. The Morgan fingerprint density at radius 3 is 0.938 bits per heavy atom. The van der Waals surface area contributed by atoms with Crippen LogP contribution < -0.4 is 0 Å². The monoisotopic (exact) mass is 410 g/mol. The van der Waals surface area contributed by atoms with E-state index in [0.29, 0.717) is 0 Å². The van der Waals surface area contributed by atoms with Gasteiger partial charge in [-0.15, -0.1) is 0 Å². The van der Waals surface area contributed by atoms with Crippen LogP contribution in [-0.2, 0) is 0 Å². The highest BCUT2D eigenvalue weighted by atomic mass is 16.3. The van der Waals surface area contributed by atoms with Crippen LogP contribution in [0.1, 0.15) is 33.4 Å². The number of phenolic OH excluding ortho intramolecular Hbond substituents is 2. The maximum absolute atomic E-state index is 9.41. The SMILES string of the molecule is Oc1ccc(C#Cc2ccccc2C#Cc2ccccc2C#Cc2ccc(O)cc2)cc1. The highest BCUT2D eigenvalue weighted by Crippen LogP contribution is 2.12. The standard InChI is InChI=1S/C30H18O2/c31-29-19-11-23(12-20-29)9-15-25-5-1-3-7-27(25)17-18-28-8-4-2-6-26(28)16-10-24-13-21-30(32)22-14-24/h1-8,11-14,19-22,31-32H. The van der Waals surface area contributed by atoms with Crippen LogP contribution in [0.15, 0.2) is 97.1 Å². The third-order valence-corrected chi connectivity index (χ3v) is 4.60. The van der Waals surface area contributed by atoms with Crippen LogP contribution in [0.4, 0.5) is 0 Å². The van der Waals surface area contributed by atoms with Gasteiger partial charge in [-0.1, -0.05) is 59.8 Å². The molecule has 0 bridgehead atoms. The first-order valence-corrected chi connectivity index (χ1v) is 9.99. The van der Waals surface area contributed by atoms with Gasteiger partial charge in [0.05, 0.1) is 0 Å². The van der Waals surface area contributed by atoms with Crippen LogP contribution in [0, 0.1) is 35.5 Å². The fraction of sp³-hybridized carbons (Fsp3) is 0. The second kappa shape index (κ2) is 9.77. The Morgan fingerprint density at radius 2 is 0.625 bits per heavy atom. The molecule has 2 N–H and O–H groups in total. The lowest BCUT2D eigenvalue weighted by atomic mass is 10.0. The van der Waals surface area contributed by atoms with Gasteiger partial charge in [-0.05, 0) is 72.8 Å². The maximum atomic E-state index is 9.41. The first kappa shape index (κ1) is 20.4. The van der Waals surface area contributed by atoms with Crippen molar-refractivity contribution in [3.05, 3.63) is 130 Å². The van der Waals surface area contributed by atoms with Gasteiger partial charge in [0.15, 0.2) is 0 Å². The molecule has 4 rings (SSSR count). The molecule has 0 atom stereocenters. The van der Waals surface area contributed by atoms with Gasteiger partial charge in [0.1, 0.15) is 11.5 Å². The minimum Gasteiger partial charge on any atom is -0.508 e. The zero-order chi connectivity index (χ0) is 22.2. The molecular weight excluding hydrogens is 392 g/mol. The number of benzene rings is 4. The summed E-state index contributed by atoms with van der Waals surface area (Å²) in [6, 6.07) is 29.1. The van der Waals surface area contributed by atoms with Crippen molar-refractivity contribution in [2.75, 3.05) is 0 Å². The number of phenols is 2. The highest BCUT2D eigenvalue weighted by molar-refractivity contribution is 5.58. The molecule has 2 heteroatoms. The molecule has 0 radical (unpaired) electrons. The van der Waals surface area contributed by atoms with Crippen molar-refractivity contribution in [2.45, 2.75) is 0 Å². The van der Waals surface area contributed by atoms with Crippen molar-refractivity contribution in [2.24, 2.45) is 0 Å². The molecule has 150 valence electrons. The van der Waals surface area contributed by atoms with E-state index < -0.39 is 0 Å². The smallest absolute Gasteiger partial charge is 0.115 e. The van der Waals surface area contributed by atoms with Crippen molar-refractivity contribution in [1.82, 2.24) is 0 Å². The highest BCUT2D eigenvalue weighted by Gasteiger charge is 1.98. The molecule has 0 unspecified atom stereocenters. The number of hydrogen-bond acceptors (Lipinski definition) is 2. The van der Waals surface area contributed by atoms with Gasteiger partial charge < -0.3 is 10.2 Å². The normalized spacial score (nSPS) is 9.38. The average molecular weight is 410 g/mol. The van der Waals surface area contributed by atoms with Gasteiger partial charge in [-0.3, -0.25) is 0 Å². The summed E-state index contributed by atoms with van der Waals surface area (Å²) in [6.45, 7) is 0. The third kappa shape index (κ3) is 5.40. The number of aromatic hydroxyl groups is 2. The summed E-state index contributed by atoms with van der Waals surface area (Å²) in [7, 11) is 0. The Morgan fingerprint density at radius 1 is 0.344 bits per heavy atom. The maximum Gasteiger partial charge on any atom is 0.115 e. The average Bonchev–Trinajstić information content (AvgIpc) is 2.83. The van der Waals surface area contributed by atoms with E-state index in [2.05, 4.69) is 35.5 Å². The van der Waals surface area contributed by atoms with E-state index in [0.717, 1.165) is 33.4 Å². The number of hydrogen-bond donors (Lipinski definition) is 2. The predicted molar refractivity (Wildman–Crippen MR) is 127 cm³/mol. The zero-order valence-corrected chi connectivity index (χ0v) is 17.1. The largest absolute Gasteiger partial charge is 0.508 e. The molecule has 0 heterocycles. The van der Waals surface area contributed by atoms with E-state index in [1.807, 2.05) is 48.5 Å². The first-order chi connectivity index (χ1) is 15.7. The van der Waals surface area contributed by atoms with Crippen molar-refractivity contribution in [3.8, 4) is 47.0 Å². The molecule has 0 saturated carbocycles. The summed E-state index contributed by atoms with van der Waals surface area (Å²) in [5, 5.41) is 18.8. The lowest BCUT2D eigenvalue weighted by molar-refractivity contribution is 0.474. The molecule has 0 amide bonds. The molecule has 32 heavy (non-hydrogen) atoms. The third-order valence-electron chi connectivity index (χ3n) is 4.60. The van der Waals surface area contributed by atoms with E-state index in [1.165, 1.54) is 0 Å². The number of rotatable bonds is 0. The Kier molecular flexibility index (Phi) is 6.24. The van der Waals surface area contributed by atoms with Crippen LogP contribution >= 0.6 is 0 Å². The Bertz CT molecular complexity index is 1320. The van der Waals surface area contributed by atoms with Gasteiger partial charge in [-0.2, -0.15) is 0 Å². The quantitative estimate of drug-likeness (QED) is 0.387. The minimum atomic E-state index is 0.217. The molecular formula is C30H18O2. The first-order valence-electron chi connectivity index (χ1n) is 9.99. The van der Waals surface area contributed by atoms with Crippen LogP contribution in [0.25, 0.3) is 0 Å².